The first kappa shape index (κ1) is 18.2. The third-order valence-corrected chi connectivity index (χ3v) is 4.04. The normalized spacial score (nSPS) is 12.6. The number of carbonyl (C=O) groups is 1. The highest BCUT2D eigenvalue weighted by Crippen LogP contribution is 2.24. The van der Waals surface area contributed by atoms with Gasteiger partial charge >= 0.3 is 5.97 Å². The van der Waals surface area contributed by atoms with Gasteiger partial charge in [-0.05, 0) is 27.7 Å². The number of aliphatic imine (C=N–C) groups is 1. The van der Waals surface area contributed by atoms with Gasteiger partial charge in [-0.1, -0.05) is 6.08 Å². The lowest BCUT2D eigenvalue weighted by molar-refractivity contribution is 0.0531. The van der Waals surface area contributed by atoms with Crippen molar-refractivity contribution in [2.24, 2.45) is 4.99 Å². The Hall–Kier alpha value is -1.89. The highest BCUT2D eigenvalue weighted by atomic mass is 32.1. The number of carbonyl (C=O) groups excluding carboxylic acids is 1. The minimum Gasteiger partial charge on any atom is -0.462 e. The summed E-state index contributed by atoms with van der Waals surface area (Å²) in [5.41, 5.74) is 0.695. The number of thiazole rings is 1. The number of guanidine groups is 1. The van der Waals surface area contributed by atoms with Crippen LogP contribution in [-0.4, -0.2) is 36.6 Å². The number of aromatic nitrogens is 1. The predicted molar refractivity (Wildman–Crippen MR) is 90.5 cm³/mol. The van der Waals surface area contributed by atoms with E-state index in [4.69, 9.17) is 4.74 Å². The van der Waals surface area contributed by atoms with Gasteiger partial charge in [0.05, 0.1) is 24.9 Å². The summed E-state index contributed by atoms with van der Waals surface area (Å²) in [7, 11) is 0. The van der Waals surface area contributed by atoms with Crippen LogP contribution in [0.4, 0.5) is 0 Å². The van der Waals surface area contributed by atoms with Crippen molar-refractivity contribution in [1.29, 1.82) is 0 Å². The molecule has 22 heavy (non-hydrogen) atoms. The Morgan fingerprint density at radius 1 is 1.55 bits per heavy atom. The molecule has 1 aromatic heterocycles. The van der Waals surface area contributed by atoms with E-state index in [1.54, 1.807) is 13.0 Å². The molecule has 1 unspecified atom stereocenters. The lowest BCUT2D eigenvalue weighted by Gasteiger charge is -2.15. The van der Waals surface area contributed by atoms with E-state index in [-0.39, 0.29) is 12.0 Å². The molecular formula is C15H24N4O2S. The van der Waals surface area contributed by atoms with E-state index >= 15 is 0 Å². The van der Waals surface area contributed by atoms with Crippen molar-refractivity contribution < 1.29 is 9.53 Å². The molecule has 1 atom stereocenters. The van der Waals surface area contributed by atoms with Crippen LogP contribution in [0.15, 0.2) is 17.6 Å². The first-order chi connectivity index (χ1) is 10.5. The third kappa shape index (κ3) is 5.14. The number of hydrogen-bond donors (Lipinski definition) is 2. The molecule has 0 aliphatic carbocycles. The summed E-state index contributed by atoms with van der Waals surface area (Å²) in [6.07, 6.45) is 1.73. The largest absolute Gasteiger partial charge is 0.462 e. The topological polar surface area (TPSA) is 75.6 Å². The van der Waals surface area contributed by atoms with E-state index in [1.165, 1.54) is 11.3 Å². The van der Waals surface area contributed by atoms with Gasteiger partial charge in [0.15, 0.2) is 5.96 Å². The average Bonchev–Trinajstić information content (AvgIpc) is 2.87. The molecule has 0 aliphatic heterocycles. The molecule has 6 nitrogen and oxygen atoms in total. The van der Waals surface area contributed by atoms with E-state index in [1.807, 2.05) is 20.8 Å². The molecule has 0 fully saturated rings. The standard InChI is InChI=1S/C15H24N4O2S/c1-6-9-17-15(16-7-2)19-11(5)13-18-10(4)12(22-13)14(20)21-8-3/h6,11H,1,7-9H2,2-5H3,(H2,16,17,19). The van der Waals surface area contributed by atoms with Crippen LogP contribution in [0.3, 0.4) is 0 Å². The molecule has 0 spiro atoms. The molecule has 7 heteroatoms. The Morgan fingerprint density at radius 3 is 2.86 bits per heavy atom. The van der Waals surface area contributed by atoms with Crippen molar-refractivity contribution in [2.75, 3.05) is 19.7 Å². The van der Waals surface area contributed by atoms with Crippen LogP contribution in [-0.2, 0) is 4.74 Å². The van der Waals surface area contributed by atoms with E-state index < -0.39 is 0 Å². The number of aryl methyl sites for hydroxylation is 1. The second-order valence-corrected chi connectivity index (χ2v) is 5.59. The lowest BCUT2D eigenvalue weighted by Crippen LogP contribution is -2.38. The van der Waals surface area contributed by atoms with Gasteiger partial charge < -0.3 is 15.4 Å². The lowest BCUT2D eigenvalue weighted by atomic mass is 10.3. The van der Waals surface area contributed by atoms with E-state index in [0.29, 0.717) is 29.7 Å². The van der Waals surface area contributed by atoms with Gasteiger partial charge in [-0.25, -0.2) is 14.8 Å². The SMILES string of the molecule is C=CCN=C(NCC)NC(C)c1nc(C)c(C(=O)OCC)s1. The fourth-order valence-corrected chi connectivity index (χ4v) is 2.69. The third-order valence-electron chi connectivity index (χ3n) is 2.72. The zero-order valence-electron chi connectivity index (χ0n) is 13.6. The highest BCUT2D eigenvalue weighted by molar-refractivity contribution is 7.13. The molecule has 0 amide bonds. The van der Waals surface area contributed by atoms with Crippen LogP contribution in [0.5, 0.6) is 0 Å². The first-order valence-corrected chi connectivity index (χ1v) is 8.15. The minimum absolute atomic E-state index is 0.0607. The van der Waals surface area contributed by atoms with Crippen LogP contribution in [0.1, 0.15) is 47.2 Å². The molecule has 0 radical (unpaired) electrons. The molecule has 1 rings (SSSR count). The summed E-state index contributed by atoms with van der Waals surface area (Å²) in [5, 5.41) is 7.25. The number of esters is 1. The van der Waals surface area contributed by atoms with Crippen LogP contribution in [0, 0.1) is 6.92 Å². The fourth-order valence-electron chi connectivity index (χ4n) is 1.73. The first-order valence-electron chi connectivity index (χ1n) is 7.33. The van der Waals surface area contributed by atoms with Gasteiger partial charge in [0.2, 0.25) is 0 Å². The molecule has 0 saturated heterocycles. The van der Waals surface area contributed by atoms with Crippen molar-refractivity contribution in [3.05, 3.63) is 28.2 Å². The number of nitrogens with one attached hydrogen (secondary N) is 2. The maximum Gasteiger partial charge on any atom is 0.350 e. The quantitative estimate of drug-likeness (QED) is 0.349. The minimum atomic E-state index is -0.316. The van der Waals surface area contributed by atoms with E-state index in [0.717, 1.165) is 11.6 Å². The molecule has 0 aliphatic rings. The van der Waals surface area contributed by atoms with Crippen LogP contribution < -0.4 is 10.6 Å². The van der Waals surface area contributed by atoms with Crippen molar-refractivity contribution in [3.63, 3.8) is 0 Å². The van der Waals surface area contributed by atoms with Gasteiger partial charge in [0, 0.05) is 6.54 Å². The highest BCUT2D eigenvalue weighted by Gasteiger charge is 2.19. The van der Waals surface area contributed by atoms with Gasteiger partial charge in [0.25, 0.3) is 0 Å². The molecule has 122 valence electrons. The maximum atomic E-state index is 11.8. The van der Waals surface area contributed by atoms with Gasteiger partial charge in [-0.3, -0.25) is 0 Å². The molecule has 0 saturated carbocycles. The summed E-state index contributed by atoms with van der Waals surface area (Å²) in [6, 6.07) is -0.0607. The van der Waals surface area contributed by atoms with Crippen LogP contribution >= 0.6 is 11.3 Å². The van der Waals surface area contributed by atoms with Crippen molar-refractivity contribution in [1.82, 2.24) is 15.6 Å². The Labute approximate surface area is 135 Å². The molecule has 2 N–H and O–H groups in total. The second kappa shape index (κ2) is 9.19. The molecule has 0 bridgehead atoms. The number of nitrogens with zero attached hydrogens (tertiary/aromatic N) is 2. The maximum absolute atomic E-state index is 11.8. The van der Waals surface area contributed by atoms with E-state index in [2.05, 4.69) is 27.2 Å². The van der Waals surface area contributed by atoms with E-state index in [9.17, 15) is 4.79 Å². The van der Waals surface area contributed by atoms with Crippen LogP contribution in [0.25, 0.3) is 0 Å². The Morgan fingerprint density at radius 2 is 2.27 bits per heavy atom. The van der Waals surface area contributed by atoms with Gasteiger partial charge in [0.1, 0.15) is 9.88 Å². The molecule has 0 aromatic carbocycles. The fraction of sp³-hybridized carbons (Fsp3) is 0.533. The smallest absolute Gasteiger partial charge is 0.350 e. The van der Waals surface area contributed by atoms with Gasteiger partial charge in [-0.15, -0.1) is 17.9 Å². The summed E-state index contributed by atoms with van der Waals surface area (Å²) in [6.45, 7) is 12.9. The summed E-state index contributed by atoms with van der Waals surface area (Å²) in [4.78, 5) is 21.2. The Kier molecular flexibility index (Phi) is 7.59. The number of hydrogen-bond acceptors (Lipinski definition) is 5. The monoisotopic (exact) mass is 324 g/mol. The second-order valence-electron chi connectivity index (χ2n) is 4.56. The van der Waals surface area contributed by atoms with Crippen molar-refractivity contribution >= 4 is 23.3 Å². The summed E-state index contributed by atoms with van der Waals surface area (Å²) >= 11 is 1.35. The molecule has 1 aromatic rings. The average molecular weight is 324 g/mol. The van der Waals surface area contributed by atoms with Gasteiger partial charge in [-0.2, -0.15) is 0 Å². The number of rotatable bonds is 7. The summed E-state index contributed by atoms with van der Waals surface area (Å²) < 4.78 is 5.04. The zero-order chi connectivity index (χ0) is 16.5. The molecular weight excluding hydrogens is 300 g/mol. The van der Waals surface area contributed by atoms with Crippen LogP contribution in [0.2, 0.25) is 0 Å². The Bertz CT molecular complexity index is 540. The van der Waals surface area contributed by atoms with Crippen molar-refractivity contribution in [2.45, 2.75) is 33.7 Å². The predicted octanol–water partition coefficient (Wildman–Crippen LogP) is 2.43. The van der Waals surface area contributed by atoms with Crippen molar-refractivity contribution in [3.8, 4) is 0 Å². The zero-order valence-corrected chi connectivity index (χ0v) is 14.4. The summed E-state index contributed by atoms with van der Waals surface area (Å²) in [5.74, 6) is 0.378. The number of ether oxygens (including phenoxy) is 1. The molecule has 1 heterocycles. The Balaban J connectivity index is 2.84.